The third-order valence-electron chi connectivity index (χ3n) is 3.37. The molecule has 1 atom stereocenters. The molecule has 3 N–H and O–H groups in total. The highest BCUT2D eigenvalue weighted by Crippen LogP contribution is 2.17. The molecule has 5 nitrogen and oxygen atoms in total. The number of carboxylic acid groups (broad SMARTS) is 1. The van der Waals surface area contributed by atoms with Gasteiger partial charge in [0, 0.05) is 6.04 Å². The molecular formula is C13H24N2O3. The molecule has 0 aromatic rings. The Balaban J connectivity index is 2.36. The smallest absolute Gasteiger partial charge is 0.326 e. The minimum absolute atomic E-state index is 0.198. The average molecular weight is 256 g/mol. The minimum Gasteiger partial charge on any atom is -0.480 e. The number of carbonyl (C=O) groups excluding carboxylic acids is 1. The van der Waals surface area contributed by atoms with Crippen molar-refractivity contribution in [1.29, 1.82) is 0 Å². The zero-order chi connectivity index (χ0) is 13.4. The van der Waals surface area contributed by atoms with E-state index in [1.165, 1.54) is 12.8 Å². The second-order valence-electron chi connectivity index (χ2n) is 4.99. The summed E-state index contributed by atoms with van der Waals surface area (Å²) in [5, 5.41) is 14.4. The van der Waals surface area contributed by atoms with Gasteiger partial charge >= 0.3 is 12.0 Å². The van der Waals surface area contributed by atoms with Crippen molar-refractivity contribution in [2.75, 3.05) is 0 Å². The van der Waals surface area contributed by atoms with Crippen LogP contribution in [0.4, 0.5) is 4.79 Å². The summed E-state index contributed by atoms with van der Waals surface area (Å²) >= 11 is 0. The van der Waals surface area contributed by atoms with Crippen molar-refractivity contribution in [2.45, 2.75) is 70.4 Å². The number of nitrogens with one attached hydrogen (secondary N) is 2. The van der Waals surface area contributed by atoms with Crippen LogP contribution in [0.1, 0.15) is 58.3 Å². The van der Waals surface area contributed by atoms with Crippen LogP contribution in [0.3, 0.4) is 0 Å². The van der Waals surface area contributed by atoms with Gasteiger partial charge in [0.05, 0.1) is 0 Å². The standard InChI is InChI=1S/C13H24N2O3/c1-2-7-11(12(16)17)15-13(18)14-10-8-5-3-4-6-9-10/h10-11H,2-9H2,1H3,(H,16,17)(H2,14,15,18)/t11-/m0/s1. The number of hydrogen-bond donors (Lipinski definition) is 3. The second-order valence-corrected chi connectivity index (χ2v) is 4.99. The van der Waals surface area contributed by atoms with E-state index in [0.29, 0.717) is 6.42 Å². The van der Waals surface area contributed by atoms with Gasteiger partial charge in [-0.1, -0.05) is 39.0 Å². The molecule has 0 radical (unpaired) electrons. The molecule has 2 amide bonds. The Hall–Kier alpha value is -1.26. The molecule has 1 aliphatic carbocycles. The zero-order valence-electron chi connectivity index (χ0n) is 11.1. The van der Waals surface area contributed by atoms with E-state index in [4.69, 9.17) is 5.11 Å². The van der Waals surface area contributed by atoms with Crippen LogP contribution in [0.5, 0.6) is 0 Å². The maximum Gasteiger partial charge on any atom is 0.326 e. The summed E-state index contributed by atoms with van der Waals surface area (Å²) in [7, 11) is 0. The maximum atomic E-state index is 11.7. The average Bonchev–Trinajstić information content (AvgIpc) is 2.57. The Kier molecular flexibility index (Phi) is 6.54. The van der Waals surface area contributed by atoms with Crippen LogP contribution in [-0.2, 0) is 4.79 Å². The van der Waals surface area contributed by atoms with Crippen LogP contribution in [0, 0.1) is 0 Å². The van der Waals surface area contributed by atoms with Gasteiger partial charge in [0.2, 0.25) is 0 Å². The third kappa shape index (κ3) is 5.38. The van der Waals surface area contributed by atoms with E-state index in [2.05, 4.69) is 10.6 Å². The van der Waals surface area contributed by atoms with Gasteiger partial charge in [0.25, 0.3) is 0 Å². The van der Waals surface area contributed by atoms with Crippen LogP contribution in [-0.4, -0.2) is 29.2 Å². The Labute approximate surface area is 108 Å². The molecule has 0 aromatic heterocycles. The van der Waals surface area contributed by atoms with Gasteiger partial charge in [-0.25, -0.2) is 9.59 Å². The van der Waals surface area contributed by atoms with Crippen molar-refractivity contribution in [3.8, 4) is 0 Å². The first-order chi connectivity index (χ1) is 8.63. The lowest BCUT2D eigenvalue weighted by atomic mass is 10.1. The molecule has 0 heterocycles. The first kappa shape index (κ1) is 14.8. The molecule has 0 aromatic carbocycles. The first-order valence-electron chi connectivity index (χ1n) is 6.93. The highest BCUT2D eigenvalue weighted by atomic mass is 16.4. The van der Waals surface area contributed by atoms with E-state index in [9.17, 15) is 9.59 Å². The number of carboxylic acids is 1. The van der Waals surface area contributed by atoms with Gasteiger partial charge < -0.3 is 15.7 Å². The lowest BCUT2D eigenvalue weighted by Gasteiger charge is -2.19. The van der Waals surface area contributed by atoms with Crippen LogP contribution in [0.25, 0.3) is 0 Å². The largest absolute Gasteiger partial charge is 0.480 e. The normalized spacial score (nSPS) is 18.7. The molecule has 18 heavy (non-hydrogen) atoms. The quantitative estimate of drug-likeness (QED) is 0.660. The maximum absolute atomic E-state index is 11.7. The summed E-state index contributed by atoms with van der Waals surface area (Å²) in [5.74, 6) is -0.965. The van der Waals surface area contributed by atoms with Crippen LogP contribution < -0.4 is 10.6 Å². The lowest BCUT2D eigenvalue weighted by Crippen LogP contribution is -2.48. The van der Waals surface area contributed by atoms with Gasteiger partial charge in [-0.15, -0.1) is 0 Å². The predicted molar refractivity (Wildman–Crippen MR) is 69.5 cm³/mol. The highest BCUT2D eigenvalue weighted by Gasteiger charge is 2.20. The van der Waals surface area contributed by atoms with Gasteiger partial charge in [-0.05, 0) is 19.3 Å². The van der Waals surface area contributed by atoms with E-state index in [-0.39, 0.29) is 12.1 Å². The molecule has 104 valence electrons. The summed E-state index contributed by atoms with van der Waals surface area (Å²) in [6.45, 7) is 1.90. The van der Waals surface area contributed by atoms with Gasteiger partial charge in [-0.3, -0.25) is 0 Å². The Morgan fingerprint density at radius 1 is 1.22 bits per heavy atom. The van der Waals surface area contributed by atoms with Crippen molar-refractivity contribution >= 4 is 12.0 Å². The number of carbonyl (C=O) groups is 2. The molecule has 0 saturated heterocycles. The summed E-state index contributed by atoms with van der Waals surface area (Å²) in [4.78, 5) is 22.7. The van der Waals surface area contributed by atoms with Crippen LogP contribution >= 0.6 is 0 Å². The summed E-state index contributed by atoms with van der Waals surface area (Å²) < 4.78 is 0. The molecule has 5 heteroatoms. The van der Waals surface area contributed by atoms with Gasteiger partial charge in [0.15, 0.2) is 0 Å². The van der Waals surface area contributed by atoms with Crippen molar-refractivity contribution in [3.05, 3.63) is 0 Å². The lowest BCUT2D eigenvalue weighted by molar-refractivity contribution is -0.139. The number of aliphatic carboxylic acids is 1. The van der Waals surface area contributed by atoms with E-state index in [0.717, 1.165) is 32.1 Å². The number of hydrogen-bond acceptors (Lipinski definition) is 2. The van der Waals surface area contributed by atoms with Crippen molar-refractivity contribution in [1.82, 2.24) is 10.6 Å². The summed E-state index contributed by atoms with van der Waals surface area (Å²) in [6, 6.07) is -0.924. The predicted octanol–water partition coefficient (Wildman–Crippen LogP) is 2.26. The van der Waals surface area contributed by atoms with Crippen molar-refractivity contribution in [2.24, 2.45) is 0 Å². The number of urea groups is 1. The van der Waals surface area contributed by atoms with Crippen molar-refractivity contribution in [3.63, 3.8) is 0 Å². The summed E-state index contributed by atoms with van der Waals surface area (Å²) in [6.07, 6.45) is 7.94. The fraction of sp³-hybridized carbons (Fsp3) is 0.846. The molecule has 1 aliphatic rings. The van der Waals surface area contributed by atoms with Gasteiger partial charge in [0.1, 0.15) is 6.04 Å². The SMILES string of the molecule is CCC[C@H](NC(=O)NC1CCCCCC1)C(=O)O. The van der Waals surface area contributed by atoms with E-state index in [1.54, 1.807) is 0 Å². The molecule has 0 bridgehead atoms. The Bertz CT molecular complexity index is 273. The third-order valence-corrected chi connectivity index (χ3v) is 3.37. The monoisotopic (exact) mass is 256 g/mol. The van der Waals surface area contributed by atoms with Crippen LogP contribution in [0.15, 0.2) is 0 Å². The zero-order valence-corrected chi connectivity index (χ0v) is 11.1. The number of rotatable bonds is 5. The van der Waals surface area contributed by atoms with E-state index >= 15 is 0 Å². The van der Waals surface area contributed by atoms with E-state index in [1.807, 2.05) is 6.92 Å². The molecule has 0 aliphatic heterocycles. The molecule has 1 saturated carbocycles. The van der Waals surface area contributed by atoms with Gasteiger partial charge in [-0.2, -0.15) is 0 Å². The van der Waals surface area contributed by atoms with E-state index < -0.39 is 12.0 Å². The summed E-state index contributed by atoms with van der Waals surface area (Å²) in [5.41, 5.74) is 0. The second kappa shape index (κ2) is 7.95. The molecule has 0 unspecified atom stereocenters. The van der Waals surface area contributed by atoms with Crippen molar-refractivity contribution < 1.29 is 14.7 Å². The van der Waals surface area contributed by atoms with Crippen LogP contribution in [0.2, 0.25) is 0 Å². The molecular weight excluding hydrogens is 232 g/mol. The highest BCUT2D eigenvalue weighted by molar-refractivity contribution is 5.82. The topological polar surface area (TPSA) is 78.4 Å². The number of amides is 2. The fourth-order valence-corrected chi connectivity index (χ4v) is 2.36. The Morgan fingerprint density at radius 3 is 2.33 bits per heavy atom. The molecule has 1 rings (SSSR count). The fourth-order valence-electron chi connectivity index (χ4n) is 2.36. The molecule has 1 fully saturated rings. The first-order valence-corrected chi connectivity index (χ1v) is 6.93. The minimum atomic E-state index is -0.965. The molecule has 0 spiro atoms. The Morgan fingerprint density at radius 2 is 1.83 bits per heavy atom.